The van der Waals surface area contributed by atoms with Gasteiger partial charge < -0.3 is 19.7 Å². The lowest BCUT2D eigenvalue weighted by Crippen LogP contribution is -2.51. The minimum atomic E-state index is 0.335. The third-order valence-electron chi connectivity index (χ3n) is 5.36. The van der Waals surface area contributed by atoms with Crippen molar-refractivity contribution in [2.75, 3.05) is 46.5 Å². The molecule has 3 unspecified atom stereocenters. The van der Waals surface area contributed by atoms with Gasteiger partial charge in [-0.05, 0) is 38.1 Å². The molecular formula is C16H30N2O2. The Hall–Kier alpha value is -0.160. The summed E-state index contributed by atoms with van der Waals surface area (Å²) in [6, 6.07) is 0.792. The molecule has 1 aliphatic carbocycles. The van der Waals surface area contributed by atoms with E-state index < -0.39 is 0 Å². The average molecular weight is 282 g/mol. The molecule has 20 heavy (non-hydrogen) atoms. The van der Waals surface area contributed by atoms with Crippen LogP contribution in [0.2, 0.25) is 0 Å². The third-order valence-corrected chi connectivity index (χ3v) is 5.36. The van der Waals surface area contributed by atoms with Crippen LogP contribution in [0.3, 0.4) is 0 Å². The molecule has 1 N–H and O–H groups in total. The predicted octanol–water partition coefficient (Wildman–Crippen LogP) is 1.50. The van der Waals surface area contributed by atoms with Gasteiger partial charge >= 0.3 is 0 Å². The Morgan fingerprint density at radius 3 is 2.85 bits per heavy atom. The molecule has 4 nitrogen and oxygen atoms in total. The Balaban J connectivity index is 1.55. The monoisotopic (exact) mass is 282 g/mol. The molecule has 0 aromatic rings. The molecule has 3 rings (SSSR count). The number of nitrogens with one attached hydrogen (secondary N) is 1. The van der Waals surface area contributed by atoms with Crippen LogP contribution in [0.25, 0.3) is 0 Å². The van der Waals surface area contributed by atoms with E-state index in [0.717, 1.165) is 32.3 Å². The Labute approximate surface area is 123 Å². The molecule has 0 radical (unpaired) electrons. The van der Waals surface area contributed by atoms with Crippen LogP contribution in [0, 0.1) is 11.3 Å². The van der Waals surface area contributed by atoms with Crippen molar-refractivity contribution in [2.24, 2.45) is 11.3 Å². The first kappa shape index (κ1) is 14.8. The highest BCUT2D eigenvalue weighted by atomic mass is 16.5. The van der Waals surface area contributed by atoms with Gasteiger partial charge in [0.15, 0.2) is 0 Å². The van der Waals surface area contributed by atoms with Crippen LogP contribution in [-0.4, -0.2) is 63.5 Å². The molecule has 1 saturated carbocycles. The maximum absolute atomic E-state index is 5.73. The summed E-state index contributed by atoms with van der Waals surface area (Å²) in [6.07, 6.45) is 5.59. The number of ether oxygens (including phenoxy) is 2. The summed E-state index contributed by atoms with van der Waals surface area (Å²) in [4.78, 5) is 2.61. The topological polar surface area (TPSA) is 33.7 Å². The van der Waals surface area contributed by atoms with Gasteiger partial charge in [-0.25, -0.2) is 0 Å². The minimum Gasteiger partial charge on any atom is -0.381 e. The van der Waals surface area contributed by atoms with Gasteiger partial charge in [0.25, 0.3) is 0 Å². The smallest absolute Gasteiger partial charge is 0.0724 e. The zero-order valence-electron chi connectivity index (χ0n) is 13.1. The van der Waals surface area contributed by atoms with Crippen LogP contribution in [0.5, 0.6) is 0 Å². The van der Waals surface area contributed by atoms with E-state index in [4.69, 9.17) is 9.47 Å². The van der Waals surface area contributed by atoms with Crippen molar-refractivity contribution in [3.05, 3.63) is 0 Å². The Morgan fingerprint density at radius 2 is 2.20 bits per heavy atom. The molecule has 0 spiro atoms. The van der Waals surface area contributed by atoms with E-state index in [1.54, 1.807) is 0 Å². The van der Waals surface area contributed by atoms with Gasteiger partial charge in [0.05, 0.1) is 12.7 Å². The van der Waals surface area contributed by atoms with Crippen LogP contribution in [0.4, 0.5) is 0 Å². The van der Waals surface area contributed by atoms with E-state index in [-0.39, 0.29) is 0 Å². The summed E-state index contributed by atoms with van der Waals surface area (Å²) in [6.45, 7) is 8.77. The minimum absolute atomic E-state index is 0.335. The van der Waals surface area contributed by atoms with Crippen LogP contribution < -0.4 is 5.32 Å². The first-order valence-electron chi connectivity index (χ1n) is 8.27. The van der Waals surface area contributed by atoms with Gasteiger partial charge in [-0.1, -0.05) is 6.92 Å². The largest absolute Gasteiger partial charge is 0.381 e. The van der Waals surface area contributed by atoms with Crippen molar-refractivity contribution >= 4 is 0 Å². The van der Waals surface area contributed by atoms with Crippen molar-refractivity contribution in [2.45, 2.75) is 44.8 Å². The van der Waals surface area contributed by atoms with Gasteiger partial charge in [0.1, 0.15) is 0 Å². The average Bonchev–Trinajstić information content (AvgIpc) is 3.19. The molecule has 0 amide bonds. The molecule has 3 aliphatic rings. The highest BCUT2D eigenvalue weighted by molar-refractivity contribution is 4.93. The molecule has 3 atom stereocenters. The number of nitrogens with zero attached hydrogens (tertiary/aromatic N) is 1. The van der Waals surface area contributed by atoms with Gasteiger partial charge in [0, 0.05) is 44.8 Å². The van der Waals surface area contributed by atoms with Crippen LogP contribution in [-0.2, 0) is 9.47 Å². The molecule has 0 bridgehead atoms. The summed E-state index contributed by atoms with van der Waals surface area (Å²) in [5.74, 6) is 0.691. The molecule has 116 valence electrons. The molecule has 4 heteroatoms. The Morgan fingerprint density at radius 1 is 1.35 bits per heavy atom. The van der Waals surface area contributed by atoms with E-state index >= 15 is 0 Å². The molecule has 0 aromatic carbocycles. The van der Waals surface area contributed by atoms with E-state index in [1.807, 2.05) is 7.11 Å². The van der Waals surface area contributed by atoms with Gasteiger partial charge in [-0.3, -0.25) is 0 Å². The fourth-order valence-corrected chi connectivity index (χ4v) is 3.64. The summed E-state index contributed by atoms with van der Waals surface area (Å²) >= 11 is 0. The second kappa shape index (κ2) is 6.30. The standard InChI is InChI=1S/C16H30N2O2/c1-13-5-7-18(9-15(13)19-2)11-16(6-8-20-12-16)10-17-14-3-4-14/h13-15,17H,3-12H2,1-2H3. The molecule has 3 fully saturated rings. The van der Waals surface area contributed by atoms with Crippen molar-refractivity contribution in [3.63, 3.8) is 0 Å². The van der Waals surface area contributed by atoms with E-state index in [0.29, 0.717) is 17.4 Å². The predicted molar refractivity (Wildman–Crippen MR) is 79.9 cm³/mol. The lowest BCUT2D eigenvalue weighted by atomic mass is 9.85. The summed E-state index contributed by atoms with van der Waals surface area (Å²) < 4.78 is 11.4. The zero-order chi connectivity index (χ0) is 14.0. The van der Waals surface area contributed by atoms with Gasteiger partial charge in [0.2, 0.25) is 0 Å². The maximum Gasteiger partial charge on any atom is 0.0724 e. The van der Waals surface area contributed by atoms with Crippen LogP contribution >= 0.6 is 0 Å². The number of rotatable bonds is 6. The first-order chi connectivity index (χ1) is 9.71. The molecule has 0 aromatic heterocycles. The number of hydrogen-bond acceptors (Lipinski definition) is 4. The second-order valence-electron chi connectivity index (χ2n) is 7.23. The van der Waals surface area contributed by atoms with Crippen LogP contribution in [0.1, 0.15) is 32.6 Å². The van der Waals surface area contributed by atoms with Crippen LogP contribution in [0.15, 0.2) is 0 Å². The third kappa shape index (κ3) is 3.53. The highest BCUT2D eigenvalue weighted by Gasteiger charge is 2.39. The highest BCUT2D eigenvalue weighted by Crippen LogP contribution is 2.32. The quantitative estimate of drug-likeness (QED) is 0.800. The maximum atomic E-state index is 5.73. The molecule has 2 aliphatic heterocycles. The van der Waals surface area contributed by atoms with Crippen molar-refractivity contribution in [1.29, 1.82) is 0 Å². The summed E-state index contributed by atoms with van der Waals surface area (Å²) in [5.41, 5.74) is 0.335. The molecule has 2 saturated heterocycles. The normalized spacial score (nSPS) is 39.3. The summed E-state index contributed by atoms with van der Waals surface area (Å²) in [7, 11) is 1.85. The summed E-state index contributed by atoms with van der Waals surface area (Å²) in [5, 5.41) is 3.73. The first-order valence-corrected chi connectivity index (χ1v) is 8.27. The number of hydrogen-bond donors (Lipinski definition) is 1. The molecule has 2 heterocycles. The zero-order valence-corrected chi connectivity index (χ0v) is 13.1. The molecular weight excluding hydrogens is 252 g/mol. The number of likely N-dealkylation sites (tertiary alicyclic amines) is 1. The van der Waals surface area contributed by atoms with Gasteiger partial charge in [-0.15, -0.1) is 0 Å². The second-order valence-corrected chi connectivity index (χ2v) is 7.23. The number of methoxy groups -OCH3 is 1. The Kier molecular flexibility index (Phi) is 4.65. The fourth-order valence-electron chi connectivity index (χ4n) is 3.64. The lowest BCUT2D eigenvalue weighted by Gasteiger charge is -2.41. The van der Waals surface area contributed by atoms with Crippen molar-refractivity contribution in [3.8, 4) is 0 Å². The van der Waals surface area contributed by atoms with Crippen molar-refractivity contribution < 1.29 is 9.47 Å². The fraction of sp³-hybridized carbons (Fsp3) is 1.00. The van der Waals surface area contributed by atoms with Crippen molar-refractivity contribution in [1.82, 2.24) is 10.2 Å². The lowest BCUT2D eigenvalue weighted by molar-refractivity contribution is -0.0192. The van der Waals surface area contributed by atoms with E-state index in [9.17, 15) is 0 Å². The SMILES string of the molecule is COC1CN(CC2(CNC3CC3)CCOC2)CCC1C. The Bertz CT molecular complexity index is 314. The van der Waals surface area contributed by atoms with E-state index in [1.165, 1.54) is 38.8 Å². The van der Waals surface area contributed by atoms with Gasteiger partial charge in [-0.2, -0.15) is 0 Å². The number of piperidine rings is 1. The van der Waals surface area contributed by atoms with E-state index in [2.05, 4.69) is 17.1 Å².